The van der Waals surface area contributed by atoms with Crippen LogP contribution in [0.3, 0.4) is 0 Å². The average Bonchev–Trinajstić information content (AvgIpc) is 2.79. The minimum absolute atomic E-state index is 0.0296. The lowest BCUT2D eigenvalue weighted by molar-refractivity contribution is -0.120. The van der Waals surface area contributed by atoms with E-state index in [1.165, 1.54) is 6.92 Å². The van der Waals surface area contributed by atoms with Crippen molar-refractivity contribution in [3.63, 3.8) is 0 Å². The monoisotopic (exact) mass is 275 g/mol. The van der Waals surface area contributed by atoms with E-state index in [-0.39, 0.29) is 23.8 Å². The minimum Gasteiger partial charge on any atom is -0.327 e. The van der Waals surface area contributed by atoms with Crippen LogP contribution in [-0.4, -0.2) is 17.9 Å². The van der Waals surface area contributed by atoms with Crippen LogP contribution in [0.15, 0.2) is 18.2 Å². The number of aryl methyl sites for hydroxylation is 1. The molecule has 1 aromatic rings. The van der Waals surface area contributed by atoms with Gasteiger partial charge in [0, 0.05) is 24.3 Å². The molecule has 20 heavy (non-hydrogen) atoms. The van der Waals surface area contributed by atoms with Crippen LogP contribution < -0.4 is 16.4 Å². The summed E-state index contributed by atoms with van der Waals surface area (Å²) in [6.07, 6.45) is 2.75. The molecule has 0 heterocycles. The molecule has 1 aliphatic carbocycles. The number of hydrogen-bond acceptors (Lipinski definition) is 3. The van der Waals surface area contributed by atoms with E-state index in [4.69, 9.17) is 5.73 Å². The van der Waals surface area contributed by atoms with E-state index in [2.05, 4.69) is 10.6 Å². The highest BCUT2D eigenvalue weighted by atomic mass is 16.2. The number of rotatable bonds is 3. The van der Waals surface area contributed by atoms with Gasteiger partial charge >= 0.3 is 0 Å². The lowest BCUT2D eigenvalue weighted by Gasteiger charge is -2.17. The van der Waals surface area contributed by atoms with E-state index in [0.29, 0.717) is 5.69 Å². The maximum absolute atomic E-state index is 12.2. The van der Waals surface area contributed by atoms with Gasteiger partial charge in [-0.1, -0.05) is 12.5 Å². The first-order chi connectivity index (χ1) is 9.47. The number of nitrogens with one attached hydrogen (secondary N) is 2. The first-order valence-electron chi connectivity index (χ1n) is 6.92. The Kier molecular flexibility index (Phi) is 4.39. The Hall–Kier alpha value is -1.88. The number of nitrogens with two attached hydrogens (primary N) is 1. The largest absolute Gasteiger partial charge is 0.327 e. The van der Waals surface area contributed by atoms with Crippen molar-refractivity contribution in [1.82, 2.24) is 0 Å². The van der Waals surface area contributed by atoms with Crippen LogP contribution in [0.5, 0.6) is 0 Å². The summed E-state index contributed by atoms with van der Waals surface area (Å²) in [4.78, 5) is 23.3. The second kappa shape index (κ2) is 6.05. The Morgan fingerprint density at radius 2 is 2.00 bits per heavy atom. The number of benzene rings is 1. The maximum Gasteiger partial charge on any atom is 0.229 e. The quantitative estimate of drug-likeness (QED) is 0.789. The Bertz CT molecular complexity index is 528. The highest BCUT2D eigenvalue weighted by molar-refractivity contribution is 5.95. The van der Waals surface area contributed by atoms with Gasteiger partial charge in [-0.15, -0.1) is 0 Å². The Morgan fingerprint density at radius 3 is 2.60 bits per heavy atom. The molecule has 1 fully saturated rings. The summed E-state index contributed by atoms with van der Waals surface area (Å²) in [5.41, 5.74) is 8.30. The molecule has 2 unspecified atom stereocenters. The molecule has 1 aliphatic rings. The third-order valence-electron chi connectivity index (χ3n) is 3.72. The SMILES string of the molecule is CC(=O)Nc1ccc(C)c(NC(=O)C2CCCC2N)c1. The van der Waals surface area contributed by atoms with E-state index in [9.17, 15) is 9.59 Å². The van der Waals surface area contributed by atoms with Crippen molar-refractivity contribution in [1.29, 1.82) is 0 Å². The topological polar surface area (TPSA) is 84.2 Å². The van der Waals surface area contributed by atoms with Crippen LogP contribution >= 0.6 is 0 Å². The van der Waals surface area contributed by atoms with Crippen LogP contribution in [-0.2, 0) is 9.59 Å². The molecule has 0 bridgehead atoms. The molecule has 0 radical (unpaired) electrons. The molecule has 4 N–H and O–H groups in total. The van der Waals surface area contributed by atoms with Crippen LogP contribution in [0.4, 0.5) is 11.4 Å². The second-order valence-corrected chi connectivity index (χ2v) is 5.40. The predicted octanol–water partition coefficient (Wildman–Crippen LogP) is 2.02. The van der Waals surface area contributed by atoms with Gasteiger partial charge in [-0.2, -0.15) is 0 Å². The fourth-order valence-electron chi connectivity index (χ4n) is 2.58. The third-order valence-corrected chi connectivity index (χ3v) is 3.72. The van der Waals surface area contributed by atoms with Crippen molar-refractivity contribution in [3.8, 4) is 0 Å². The lowest BCUT2D eigenvalue weighted by atomic mass is 10.0. The third kappa shape index (κ3) is 3.36. The van der Waals surface area contributed by atoms with Gasteiger partial charge in [-0.05, 0) is 37.5 Å². The summed E-state index contributed by atoms with van der Waals surface area (Å²) >= 11 is 0. The van der Waals surface area contributed by atoms with Crippen molar-refractivity contribution in [3.05, 3.63) is 23.8 Å². The summed E-state index contributed by atoms with van der Waals surface area (Å²) in [6.45, 7) is 3.37. The Balaban J connectivity index is 2.11. The normalized spacial score (nSPS) is 21.6. The van der Waals surface area contributed by atoms with Crippen molar-refractivity contribution in [2.45, 2.75) is 39.2 Å². The lowest BCUT2D eigenvalue weighted by Crippen LogP contribution is -2.34. The van der Waals surface area contributed by atoms with Gasteiger partial charge in [0.25, 0.3) is 0 Å². The van der Waals surface area contributed by atoms with Gasteiger partial charge in [0.15, 0.2) is 0 Å². The van der Waals surface area contributed by atoms with Crippen molar-refractivity contribution < 1.29 is 9.59 Å². The van der Waals surface area contributed by atoms with E-state index < -0.39 is 0 Å². The van der Waals surface area contributed by atoms with E-state index in [1.807, 2.05) is 19.1 Å². The molecule has 108 valence electrons. The van der Waals surface area contributed by atoms with Gasteiger partial charge < -0.3 is 16.4 Å². The molecule has 2 rings (SSSR count). The number of anilines is 2. The zero-order chi connectivity index (χ0) is 14.7. The molecule has 2 amide bonds. The molecule has 1 saturated carbocycles. The Morgan fingerprint density at radius 1 is 1.25 bits per heavy atom. The Labute approximate surface area is 118 Å². The van der Waals surface area contributed by atoms with Gasteiger partial charge in [-0.25, -0.2) is 0 Å². The molecule has 0 aliphatic heterocycles. The van der Waals surface area contributed by atoms with Crippen LogP contribution in [0.2, 0.25) is 0 Å². The summed E-state index contributed by atoms with van der Waals surface area (Å²) < 4.78 is 0. The minimum atomic E-state index is -0.135. The molecule has 5 heteroatoms. The van der Waals surface area contributed by atoms with Gasteiger partial charge in [0.2, 0.25) is 11.8 Å². The van der Waals surface area contributed by atoms with E-state index in [0.717, 1.165) is 30.5 Å². The predicted molar refractivity (Wildman–Crippen MR) is 79.4 cm³/mol. The highest BCUT2D eigenvalue weighted by Gasteiger charge is 2.30. The van der Waals surface area contributed by atoms with Crippen molar-refractivity contribution in [2.24, 2.45) is 11.7 Å². The summed E-state index contributed by atoms with van der Waals surface area (Å²) in [6, 6.07) is 5.41. The molecular formula is C15H21N3O2. The molecule has 5 nitrogen and oxygen atoms in total. The van der Waals surface area contributed by atoms with E-state index in [1.54, 1.807) is 6.07 Å². The molecule has 0 aromatic heterocycles. The molecule has 0 spiro atoms. The van der Waals surface area contributed by atoms with Gasteiger partial charge in [0.1, 0.15) is 0 Å². The number of amides is 2. The molecule has 0 saturated heterocycles. The zero-order valence-corrected chi connectivity index (χ0v) is 11.9. The van der Waals surface area contributed by atoms with Gasteiger partial charge in [0.05, 0.1) is 5.92 Å². The second-order valence-electron chi connectivity index (χ2n) is 5.40. The fraction of sp³-hybridized carbons (Fsp3) is 0.467. The van der Waals surface area contributed by atoms with Crippen LogP contribution in [0.25, 0.3) is 0 Å². The zero-order valence-electron chi connectivity index (χ0n) is 11.9. The fourth-order valence-corrected chi connectivity index (χ4v) is 2.58. The molecule has 1 aromatic carbocycles. The first-order valence-corrected chi connectivity index (χ1v) is 6.92. The van der Waals surface area contributed by atoms with Crippen molar-refractivity contribution in [2.75, 3.05) is 10.6 Å². The molecule has 2 atom stereocenters. The summed E-state index contributed by atoms with van der Waals surface area (Å²) in [7, 11) is 0. The van der Waals surface area contributed by atoms with Gasteiger partial charge in [-0.3, -0.25) is 9.59 Å². The first kappa shape index (κ1) is 14.5. The highest BCUT2D eigenvalue weighted by Crippen LogP contribution is 2.27. The summed E-state index contributed by atoms with van der Waals surface area (Å²) in [5.74, 6) is -0.277. The average molecular weight is 275 g/mol. The molecular weight excluding hydrogens is 254 g/mol. The van der Waals surface area contributed by atoms with Crippen LogP contribution in [0, 0.1) is 12.8 Å². The van der Waals surface area contributed by atoms with E-state index >= 15 is 0 Å². The van der Waals surface area contributed by atoms with Crippen molar-refractivity contribution >= 4 is 23.2 Å². The number of hydrogen-bond donors (Lipinski definition) is 3. The summed E-state index contributed by atoms with van der Waals surface area (Å²) in [5, 5.41) is 5.63. The standard InChI is InChI=1S/C15H21N3O2/c1-9-6-7-11(17-10(2)19)8-14(9)18-15(20)12-4-3-5-13(12)16/h6-8,12-13H,3-5,16H2,1-2H3,(H,17,19)(H,18,20). The smallest absolute Gasteiger partial charge is 0.229 e. The number of carbonyl (C=O) groups excluding carboxylic acids is 2. The number of carbonyl (C=O) groups is 2. The maximum atomic E-state index is 12.2. The van der Waals surface area contributed by atoms with Crippen LogP contribution in [0.1, 0.15) is 31.7 Å².